The van der Waals surface area contributed by atoms with E-state index in [0.29, 0.717) is 18.1 Å². The van der Waals surface area contributed by atoms with E-state index in [1.54, 1.807) is 0 Å². The van der Waals surface area contributed by atoms with Gasteiger partial charge in [-0.05, 0) is 37.1 Å². The highest BCUT2D eigenvalue weighted by atomic mass is 19.4. The maximum Gasteiger partial charge on any atom is 0.419 e. The summed E-state index contributed by atoms with van der Waals surface area (Å²) in [4.78, 5) is 20.0. The Bertz CT molecular complexity index is 757. The molecule has 23 heavy (non-hydrogen) atoms. The Balaban J connectivity index is 1.81. The van der Waals surface area contributed by atoms with E-state index in [1.165, 1.54) is 12.4 Å². The van der Waals surface area contributed by atoms with E-state index in [0.717, 1.165) is 24.6 Å². The molecule has 1 aliphatic rings. The second-order valence-electron chi connectivity index (χ2n) is 5.25. The summed E-state index contributed by atoms with van der Waals surface area (Å²) in [7, 11) is 0. The van der Waals surface area contributed by atoms with Gasteiger partial charge in [-0.15, -0.1) is 0 Å². The summed E-state index contributed by atoms with van der Waals surface area (Å²) in [6.45, 7) is 0. The van der Waals surface area contributed by atoms with E-state index in [1.807, 2.05) is 0 Å². The quantitative estimate of drug-likeness (QED) is 0.874. The van der Waals surface area contributed by atoms with Gasteiger partial charge in [-0.2, -0.15) is 13.2 Å². The zero-order chi connectivity index (χ0) is 16.6. The van der Waals surface area contributed by atoms with Gasteiger partial charge < -0.3 is 5.32 Å². The smallest absolute Gasteiger partial charge is 0.321 e. The SMILES string of the molecule is O=C(Nc1ccc(F)c(C(F)(F)F)c1)c1cc(C2CC2)ncn1. The normalized spacial score (nSPS) is 14.6. The lowest BCUT2D eigenvalue weighted by Gasteiger charge is -2.11. The summed E-state index contributed by atoms with van der Waals surface area (Å²) >= 11 is 0. The summed E-state index contributed by atoms with van der Waals surface area (Å²) in [6.07, 6.45) is -1.61. The lowest BCUT2D eigenvalue weighted by Crippen LogP contribution is -2.16. The van der Waals surface area contributed by atoms with Crippen molar-refractivity contribution in [2.24, 2.45) is 0 Å². The van der Waals surface area contributed by atoms with Crippen molar-refractivity contribution >= 4 is 11.6 Å². The van der Waals surface area contributed by atoms with Gasteiger partial charge in [0.15, 0.2) is 0 Å². The molecule has 1 heterocycles. The summed E-state index contributed by atoms with van der Waals surface area (Å²) in [5.41, 5.74) is -0.799. The standard InChI is InChI=1S/C15H11F4N3O/c16-11-4-3-9(5-10(11)15(17,18)19)22-14(23)13-6-12(8-1-2-8)20-7-21-13/h3-8H,1-2H2,(H,22,23). The minimum atomic E-state index is -4.83. The first-order valence-electron chi connectivity index (χ1n) is 6.84. The van der Waals surface area contributed by atoms with Crippen LogP contribution in [0.4, 0.5) is 23.2 Å². The molecular formula is C15H11F4N3O. The van der Waals surface area contributed by atoms with Crippen LogP contribution in [0.1, 0.15) is 40.5 Å². The number of carbonyl (C=O) groups excluding carboxylic acids is 1. The summed E-state index contributed by atoms with van der Waals surface area (Å²) in [5, 5.41) is 2.29. The van der Waals surface area contributed by atoms with Crippen LogP contribution in [0.15, 0.2) is 30.6 Å². The highest BCUT2D eigenvalue weighted by Crippen LogP contribution is 2.38. The molecule has 3 rings (SSSR count). The van der Waals surface area contributed by atoms with E-state index in [-0.39, 0.29) is 11.4 Å². The maximum atomic E-state index is 13.2. The monoisotopic (exact) mass is 325 g/mol. The van der Waals surface area contributed by atoms with Crippen LogP contribution in [0.2, 0.25) is 0 Å². The van der Waals surface area contributed by atoms with Crippen LogP contribution in [0.5, 0.6) is 0 Å². The molecule has 1 N–H and O–H groups in total. The average molecular weight is 325 g/mol. The van der Waals surface area contributed by atoms with Gasteiger partial charge in [0.25, 0.3) is 5.91 Å². The van der Waals surface area contributed by atoms with Crippen molar-refractivity contribution in [3.63, 3.8) is 0 Å². The van der Waals surface area contributed by atoms with E-state index >= 15 is 0 Å². The van der Waals surface area contributed by atoms with Gasteiger partial charge in [-0.25, -0.2) is 14.4 Å². The maximum absolute atomic E-state index is 13.2. The first-order valence-corrected chi connectivity index (χ1v) is 6.84. The highest BCUT2D eigenvalue weighted by molar-refractivity contribution is 6.02. The molecule has 1 aromatic carbocycles. The number of alkyl halides is 3. The largest absolute Gasteiger partial charge is 0.419 e. The molecule has 0 saturated heterocycles. The summed E-state index contributed by atoms with van der Waals surface area (Å²) in [5.74, 6) is -1.75. The van der Waals surface area contributed by atoms with Crippen LogP contribution < -0.4 is 5.32 Å². The third-order valence-electron chi connectivity index (χ3n) is 3.45. The first-order chi connectivity index (χ1) is 10.8. The number of rotatable bonds is 3. The van der Waals surface area contributed by atoms with Crippen molar-refractivity contribution < 1.29 is 22.4 Å². The minimum Gasteiger partial charge on any atom is -0.321 e. The topological polar surface area (TPSA) is 54.9 Å². The van der Waals surface area contributed by atoms with Gasteiger partial charge >= 0.3 is 6.18 Å². The zero-order valence-corrected chi connectivity index (χ0v) is 11.7. The Kier molecular flexibility index (Phi) is 3.75. The molecule has 0 unspecified atom stereocenters. The first kappa shape index (κ1) is 15.4. The third-order valence-corrected chi connectivity index (χ3v) is 3.45. The second kappa shape index (κ2) is 5.60. The molecule has 1 saturated carbocycles. The predicted octanol–water partition coefficient (Wildman–Crippen LogP) is 3.76. The number of anilines is 1. The third kappa shape index (κ3) is 3.46. The fourth-order valence-electron chi connectivity index (χ4n) is 2.11. The molecule has 4 nitrogen and oxygen atoms in total. The molecule has 1 fully saturated rings. The number of nitrogens with zero attached hydrogens (tertiary/aromatic N) is 2. The summed E-state index contributed by atoms with van der Waals surface area (Å²) < 4.78 is 51.2. The molecule has 1 aliphatic carbocycles. The van der Waals surface area contributed by atoms with Crippen molar-refractivity contribution in [3.05, 3.63) is 53.4 Å². The van der Waals surface area contributed by atoms with E-state index in [9.17, 15) is 22.4 Å². The molecule has 2 aromatic rings. The van der Waals surface area contributed by atoms with Gasteiger partial charge in [0.05, 0.1) is 5.56 Å². The van der Waals surface area contributed by atoms with Gasteiger partial charge in [-0.1, -0.05) is 0 Å². The van der Waals surface area contributed by atoms with Crippen molar-refractivity contribution in [2.45, 2.75) is 24.9 Å². The molecule has 120 valence electrons. The molecule has 8 heteroatoms. The number of aromatic nitrogens is 2. The number of carbonyl (C=O) groups is 1. The molecule has 0 aliphatic heterocycles. The molecule has 0 bridgehead atoms. The Morgan fingerprint density at radius 1 is 1.17 bits per heavy atom. The Labute approximate surface area is 128 Å². The molecule has 0 atom stereocenters. The fraction of sp³-hybridized carbons (Fsp3) is 0.267. The molecule has 1 aromatic heterocycles. The average Bonchev–Trinajstić information content (AvgIpc) is 3.33. The van der Waals surface area contributed by atoms with Crippen LogP contribution in [0.25, 0.3) is 0 Å². The van der Waals surface area contributed by atoms with Gasteiger partial charge in [0.1, 0.15) is 17.8 Å². The number of amides is 1. The summed E-state index contributed by atoms with van der Waals surface area (Å²) in [6, 6.07) is 3.79. The van der Waals surface area contributed by atoms with Crippen molar-refractivity contribution in [2.75, 3.05) is 5.32 Å². The van der Waals surface area contributed by atoms with Crippen LogP contribution in [0.3, 0.4) is 0 Å². The van der Waals surface area contributed by atoms with Gasteiger partial charge in [0, 0.05) is 17.3 Å². The number of hydrogen-bond donors (Lipinski definition) is 1. The predicted molar refractivity (Wildman–Crippen MR) is 73.4 cm³/mol. The number of hydrogen-bond acceptors (Lipinski definition) is 3. The zero-order valence-electron chi connectivity index (χ0n) is 11.7. The lowest BCUT2D eigenvalue weighted by atomic mass is 10.1. The Hall–Kier alpha value is -2.51. The van der Waals surface area contributed by atoms with Crippen LogP contribution in [-0.2, 0) is 6.18 Å². The van der Waals surface area contributed by atoms with Crippen molar-refractivity contribution in [3.8, 4) is 0 Å². The van der Waals surface area contributed by atoms with Gasteiger partial charge in [-0.3, -0.25) is 4.79 Å². The number of benzene rings is 1. The van der Waals surface area contributed by atoms with Crippen molar-refractivity contribution in [1.29, 1.82) is 0 Å². The van der Waals surface area contributed by atoms with Crippen LogP contribution in [-0.4, -0.2) is 15.9 Å². The van der Waals surface area contributed by atoms with Crippen LogP contribution >= 0.6 is 0 Å². The molecular weight excluding hydrogens is 314 g/mol. The van der Waals surface area contributed by atoms with E-state index in [2.05, 4.69) is 15.3 Å². The fourth-order valence-corrected chi connectivity index (χ4v) is 2.11. The lowest BCUT2D eigenvalue weighted by molar-refractivity contribution is -0.139. The molecule has 1 amide bonds. The van der Waals surface area contributed by atoms with E-state index in [4.69, 9.17) is 0 Å². The number of halogens is 4. The Morgan fingerprint density at radius 3 is 2.57 bits per heavy atom. The van der Waals surface area contributed by atoms with Crippen molar-refractivity contribution in [1.82, 2.24) is 9.97 Å². The molecule has 0 spiro atoms. The number of nitrogens with one attached hydrogen (secondary N) is 1. The van der Waals surface area contributed by atoms with Gasteiger partial charge in [0.2, 0.25) is 0 Å². The van der Waals surface area contributed by atoms with E-state index < -0.39 is 23.5 Å². The van der Waals surface area contributed by atoms with Crippen LogP contribution in [0, 0.1) is 5.82 Å². The molecule has 0 radical (unpaired) electrons. The highest BCUT2D eigenvalue weighted by Gasteiger charge is 2.34. The second-order valence-corrected chi connectivity index (χ2v) is 5.25. The minimum absolute atomic E-state index is 0.0554. The Morgan fingerprint density at radius 2 is 1.91 bits per heavy atom.